The minimum Gasteiger partial charge on any atom is -0.371 e. The average molecular weight is 379 g/mol. The van der Waals surface area contributed by atoms with E-state index in [2.05, 4.69) is 14.7 Å². The van der Waals surface area contributed by atoms with Crippen LogP contribution in [0.1, 0.15) is 11.9 Å². The summed E-state index contributed by atoms with van der Waals surface area (Å²) in [5.74, 6) is 0.746. The molecule has 2 aromatic heterocycles. The molecule has 1 aromatic carbocycles. The van der Waals surface area contributed by atoms with E-state index < -0.39 is 10.0 Å². The van der Waals surface area contributed by atoms with E-state index in [1.807, 2.05) is 16.7 Å². The standard InChI is InChI=1S/C16H15ClN4O3S/c17-11-3-5-13(6-4-11)25(22,23)19-8-12-9-24-10-15-20-14-2-1-7-18-16(14)21(12)15/h1-7,12,19H,8-10H2/t12-/m0/s1. The van der Waals surface area contributed by atoms with E-state index in [1.54, 1.807) is 18.3 Å². The number of ether oxygens (including phenoxy) is 1. The second-order valence-electron chi connectivity index (χ2n) is 5.72. The van der Waals surface area contributed by atoms with Crippen LogP contribution >= 0.6 is 11.6 Å². The molecule has 0 fully saturated rings. The van der Waals surface area contributed by atoms with Gasteiger partial charge >= 0.3 is 0 Å². The summed E-state index contributed by atoms with van der Waals surface area (Å²) in [6.45, 7) is 0.953. The third kappa shape index (κ3) is 3.13. The fourth-order valence-corrected chi connectivity index (χ4v) is 4.07. The minimum atomic E-state index is -3.63. The van der Waals surface area contributed by atoms with E-state index in [0.29, 0.717) is 18.2 Å². The van der Waals surface area contributed by atoms with Crippen LogP contribution in [0.25, 0.3) is 11.2 Å². The van der Waals surface area contributed by atoms with Gasteiger partial charge in [0.05, 0.1) is 17.5 Å². The Morgan fingerprint density at radius 1 is 1.28 bits per heavy atom. The van der Waals surface area contributed by atoms with Crippen molar-refractivity contribution < 1.29 is 13.2 Å². The molecular formula is C16H15ClN4O3S. The van der Waals surface area contributed by atoms with E-state index in [-0.39, 0.29) is 17.5 Å². The second-order valence-corrected chi connectivity index (χ2v) is 7.92. The van der Waals surface area contributed by atoms with Crippen LogP contribution in [0.15, 0.2) is 47.5 Å². The van der Waals surface area contributed by atoms with Crippen LogP contribution in [0.5, 0.6) is 0 Å². The smallest absolute Gasteiger partial charge is 0.240 e. The number of hydrogen-bond acceptors (Lipinski definition) is 5. The quantitative estimate of drug-likeness (QED) is 0.751. The van der Waals surface area contributed by atoms with Crippen molar-refractivity contribution in [3.63, 3.8) is 0 Å². The summed E-state index contributed by atoms with van der Waals surface area (Å²) in [4.78, 5) is 9.04. The third-order valence-electron chi connectivity index (χ3n) is 4.06. The first-order chi connectivity index (χ1) is 12.0. The highest BCUT2D eigenvalue weighted by atomic mass is 35.5. The lowest BCUT2D eigenvalue weighted by Gasteiger charge is -2.25. The van der Waals surface area contributed by atoms with Crippen molar-refractivity contribution in [2.45, 2.75) is 17.5 Å². The zero-order chi connectivity index (χ0) is 17.4. The van der Waals surface area contributed by atoms with E-state index in [4.69, 9.17) is 16.3 Å². The predicted octanol–water partition coefficient (Wildman–Crippen LogP) is 2.13. The fraction of sp³-hybridized carbons (Fsp3) is 0.250. The number of rotatable bonds is 4. The molecule has 3 heterocycles. The lowest BCUT2D eigenvalue weighted by Crippen LogP contribution is -2.35. The number of benzene rings is 1. The molecule has 1 atom stereocenters. The Kier molecular flexibility index (Phi) is 4.20. The molecule has 0 bridgehead atoms. The van der Waals surface area contributed by atoms with Gasteiger partial charge < -0.3 is 9.30 Å². The molecular weight excluding hydrogens is 364 g/mol. The second kappa shape index (κ2) is 6.38. The van der Waals surface area contributed by atoms with Crippen molar-refractivity contribution in [1.82, 2.24) is 19.3 Å². The first kappa shape index (κ1) is 16.5. The molecule has 25 heavy (non-hydrogen) atoms. The molecule has 9 heteroatoms. The highest BCUT2D eigenvalue weighted by Gasteiger charge is 2.26. The monoisotopic (exact) mass is 378 g/mol. The Morgan fingerprint density at radius 2 is 2.08 bits per heavy atom. The number of aromatic nitrogens is 3. The molecule has 0 unspecified atom stereocenters. The maximum Gasteiger partial charge on any atom is 0.240 e. The van der Waals surface area contributed by atoms with Gasteiger partial charge in [0.1, 0.15) is 17.9 Å². The zero-order valence-corrected chi connectivity index (χ0v) is 14.7. The maximum absolute atomic E-state index is 12.5. The van der Waals surface area contributed by atoms with Gasteiger partial charge in [-0.15, -0.1) is 0 Å². The zero-order valence-electron chi connectivity index (χ0n) is 13.1. The number of halogens is 1. The maximum atomic E-state index is 12.5. The number of pyridine rings is 1. The molecule has 1 aliphatic heterocycles. The van der Waals surface area contributed by atoms with Crippen molar-refractivity contribution in [3.8, 4) is 0 Å². The van der Waals surface area contributed by atoms with Crippen LogP contribution < -0.4 is 4.72 Å². The predicted molar refractivity (Wildman–Crippen MR) is 92.9 cm³/mol. The largest absolute Gasteiger partial charge is 0.371 e. The lowest BCUT2D eigenvalue weighted by molar-refractivity contribution is 0.0578. The van der Waals surface area contributed by atoms with Gasteiger partial charge in [0.25, 0.3) is 0 Å². The number of hydrogen-bond donors (Lipinski definition) is 1. The highest BCUT2D eigenvalue weighted by molar-refractivity contribution is 7.89. The van der Waals surface area contributed by atoms with E-state index in [1.165, 1.54) is 12.1 Å². The molecule has 4 rings (SSSR count). The molecule has 0 radical (unpaired) electrons. The van der Waals surface area contributed by atoms with Crippen LogP contribution in [-0.2, 0) is 21.4 Å². The average Bonchev–Trinajstić information content (AvgIpc) is 2.99. The van der Waals surface area contributed by atoms with Gasteiger partial charge in [0, 0.05) is 17.8 Å². The van der Waals surface area contributed by atoms with Crippen molar-refractivity contribution in [3.05, 3.63) is 53.4 Å². The van der Waals surface area contributed by atoms with Crippen molar-refractivity contribution >= 4 is 32.8 Å². The topological polar surface area (TPSA) is 86.1 Å². The first-order valence-corrected chi connectivity index (χ1v) is 9.55. The van der Waals surface area contributed by atoms with Crippen molar-refractivity contribution in [2.75, 3.05) is 13.2 Å². The molecule has 0 saturated carbocycles. The number of imidazole rings is 1. The van der Waals surface area contributed by atoms with Crippen LogP contribution in [0.2, 0.25) is 5.02 Å². The third-order valence-corrected chi connectivity index (χ3v) is 5.75. The van der Waals surface area contributed by atoms with Gasteiger partial charge in [-0.3, -0.25) is 0 Å². The summed E-state index contributed by atoms with van der Waals surface area (Å²) in [5, 5.41) is 0.486. The fourth-order valence-electron chi connectivity index (χ4n) is 2.88. The summed E-state index contributed by atoms with van der Waals surface area (Å²) in [7, 11) is -3.63. The Hall–Kier alpha value is -2.00. The molecule has 1 aliphatic rings. The first-order valence-electron chi connectivity index (χ1n) is 7.69. The molecule has 7 nitrogen and oxygen atoms in total. The van der Waals surface area contributed by atoms with Gasteiger partial charge in [-0.1, -0.05) is 11.6 Å². The number of sulfonamides is 1. The molecule has 0 amide bonds. The summed E-state index contributed by atoms with van der Waals surface area (Å²) in [6.07, 6.45) is 1.70. The van der Waals surface area contributed by atoms with Gasteiger partial charge in [-0.05, 0) is 36.4 Å². The summed E-state index contributed by atoms with van der Waals surface area (Å²) >= 11 is 5.81. The normalized spacial score (nSPS) is 17.6. The van der Waals surface area contributed by atoms with Gasteiger partial charge in [0.2, 0.25) is 10.0 Å². The molecule has 0 spiro atoms. The summed E-state index contributed by atoms with van der Waals surface area (Å²) in [6, 6.07) is 9.52. The van der Waals surface area contributed by atoms with E-state index in [0.717, 1.165) is 17.0 Å². The molecule has 1 N–H and O–H groups in total. The van der Waals surface area contributed by atoms with Crippen LogP contribution in [0, 0.1) is 0 Å². The van der Waals surface area contributed by atoms with Gasteiger partial charge in [0.15, 0.2) is 5.65 Å². The van der Waals surface area contributed by atoms with Gasteiger partial charge in [-0.25, -0.2) is 23.1 Å². The lowest BCUT2D eigenvalue weighted by atomic mass is 10.3. The molecule has 3 aromatic rings. The number of nitrogens with one attached hydrogen (secondary N) is 1. The van der Waals surface area contributed by atoms with E-state index >= 15 is 0 Å². The molecule has 0 saturated heterocycles. The van der Waals surface area contributed by atoms with Crippen LogP contribution in [-0.4, -0.2) is 36.1 Å². The Labute approximate surface area is 149 Å². The van der Waals surface area contributed by atoms with Gasteiger partial charge in [-0.2, -0.15) is 0 Å². The number of fused-ring (bicyclic) bond motifs is 3. The molecule has 130 valence electrons. The van der Waals surface area contributed by atoms with Crippen molar-refractivity contribution in [2.24, 2.45) is 0 Å². The number of nitrogens with zero attached hydrogens (tertiary/aromatic N) is 3. The van der Waals surface area contributed by atoms with Crippen LogP contribution in [0.4, 0.5) is 0 Å². The van der Waals surface area contributed by atoms with Crippen LogP contribution in [0.3, 0.4) is 0 Å². The summed E-state index contributed by atoms with van der Waals surface area (Å²) in [5.41, 5.74) is 1.50. The Morgan fingerprint density at radius 3 is 2.88 bits per heavy atom. The Bertz CT molecular complexity index is 1020. The molecule has 0 aliphatic carbocycles. The Balaban J connectivity index is 1.59. The van der Waals surface area contributed by atoms with Crippen molar-refractivity contribution in [1.29, 1.82) is 0 Å². The SMILES string of the molecule is O=S(=O)(NC[C@H]1COCc2nc3cccnc3n21)c1ccc(Cl)cc1. The summed E-state index contributed by atoms with van der Waals surface area (Å²) < 4.78 is 35.1. The minimum absolute atomic E-state index is 0.169. The van der Waals surface area contributed by atoms with E-state index in [9.17, 15) is 8.42 Å². The highest BCUT2D eigenvalue weighted by Crippen LogP contribution is 2.24.